The molecule has 1 aromatic carbocycles. The molecule has 1 saturated heterocycles. The fourth-order valence-electron chi connectivity index (χ4n) is 3.49. The highest BCUT2D eigenvalue weighted by atomic mass is 16.6. The molecule has 1 aliphatic heterocycles. The Morgan fingerprint density at radius 2 is 1.91 bits per heavy atom. The van der Waals surface area contributed by atoms with Crippen molar-refractivity contribution in [2.75, 3.05) is 32.5 Å². The van der Waals surface area contributed by atoms with Gasteiger partial charge < -0.3 is 19.3 Å². The van der Waals surface area contributed by atoms with Crippen LogP contribution in [0.4, 0.5) is 10.5 Å². The van der Waals surface area contributed by atoms with Crippen LogP contribution in [0.1, 0.15) is 58.4 Å². The number of ether oxygens (including phenoxy) is 2. The number of amides is 2. The van der Waals surface area contributed by atoms with Crippen LogP contribution in [-0.2, 0) is 9.53 Å². The molecule has 0 aromatic heterocycles. The van der Waals surface area contributed by atoms with Crippen molar-refractivity contribution in [3.8, 4) is 17.8 Å². The Morgan fingerprint density at radius 1 is 1.22 bits per heavy atom. The largest absolute Gasteiger partial charge is 0.444 e. The highest BCUT2D eigenvalue weighted by Crippen LogP contribution is 2.26. The number of anilines is 1. The number of hydrogen-bond donors (Lipinski definition) is 1. The first-order chi connectivity index (χ1) is 15.0. The normalized spacial score (nSPS) is 14.5. The van der Waals surface area contributed by atoms with E-state index in [0.717, 1.165) is 31.5 Å². The van der Waals surface area contributed by atoms with Crippen molar-refractivity contribution < 1.29 is 19.1 Å². The van der Waals surface area contributed by atoms with Gasteiger partial charge in [-0.15, -0.1) is 0 Å². The molecule has 1 N–H and O–H groups in total. The molecular weight excluding hydrogens is 406 g/mol. The average Bonchev–Trinajstić information content (AvgIpc) is 2.71. The lowest BCUT2D eigenvalue weighted by molar-refractivity contribution is -0.132. The molecule has 7 nitrogen and oxygen atoms in total. The quantitative estimate of drug-likeness (QED) is 0.521. The molecular formula is C25H37N3O4. The minimum atomic E-state index is -0.588. The number of piperidine rings is 1. The number of nitrogens with one attached hydrogen (secondary N) is 1. The second-order valence-electron chi connectivity index (χ2n) is 9.44. The fraction of sp³-hybridized carbons (Fsp3) is 0.600. The number of aryl methyl sites for hydroxylation is 1. The van der Waals surface area contributed by atoms with Crippen molar-refractivity contribution in [1.82, 2.24) is 9.80 Å². The van der Waals surface area contributed by atoms with Crippen molar-refractivity contribution in [3.63, 3.8) is 0 Å². The SMILES string of the molecule is Cc1ccc(NC(=O)OC(C)(C)C)c(OC#CCCCC(=O)N2CCC(N(C)C)CC2)c1. The first-order valence-corrected chi connectivity index (χ1v) is 11.2. The Kier molecular flexibility index (Phi) is 9.40. The van der Waals surface area contributed by atoms with Gasteiger partial charge in [-0.05, 0) is 78.7 Å². The molecule has 7 heteroatoms. The van der Waals surface area contributed by atoms with E-state index in [1.807, 2.05) is 24.0 Å². The van der Waals surface area contributed by atoms with E-state index >= 15 is 0 Å². The van der Waals surface area contributed by atoms with Gasteiger partial charge in [0.1, 0.15) is 11.7 Å². The topological polar surface area (TPSA) is 71.1 Å². The second kappa shape index (κ2) is 11.8. The Labute approximate surface area is 192 Å². The molecule has 1 heterocycles. The first-order valence-electron chi connectivity index (χ1n) is 11.2. The van der Waals surface area contributed by atoms with E-state index in [0.29, 0.717) is 36.7 Å². The molecule has 0 saturated carbocycles. The molecule has 0 aliphatic carbocycles. The summed E-state index contributed by atoms with van der Waals surface area (Å²) in [6.07, 6.45) is 5.96. The van der Waals surface area contributed by atoms with E-state index in [-0.39, 0.29) is 5.91 Å². The zero-order chi connectivity index (χ0) is 23.7. The van der Waals surface area contributed by atoms with Crippen LogP contribution >= 0.6 is 0 Å². The summed E-state index contributed by atoms with van der Waals surface area (Å²) in [5, 5.41) is 2.70. The van der Waals surface area contributed by atoms with Crippen LogP contribution in [0.2, 0.25) is 0 Å². The van der Waals surface area contributed by atoms with Crippen LogP contribution in [0.3, 0.4) is 0 Å². The summed E-state index contributed by atoms with van der Waals surface area (Å²) in [6.45, 7) is 9.02. The predicted octanol–water partition coefficient (Wildman–Crippen LogP) is 4.40. The first kappa shape index (κ1) is 25.5. The third-order valence-electron chi connectivity index (χ3n) is 5.25. The summed E-state index contributed by atoms with van der Waals surface area (Å²) >= 11 is 0. The average molecular weight is 444 g/mol. The van der Waals surface area contributed by atoms with Crippen LogP contribution in [0.15, 0.2) is 18.2 Å². The van der Waals surface area contributed by atoms with Gasteiger partial charge >= 0.3 is 6.09 Å². The van der Waals surface area contributed by atoms with Gasteiger partial charge in [-0.2, -0.15) is 0 Å². The van der Waals surface area contributed by atoms with Crippen molar-refractivity contribution in [2.45, 2.75) is 71.4 Å². The summed E-state index contributed by atoms with van der Waals surface area (Å²) in [5.74, 6) is 3.62. The van der Waals surface area contributed by atoms with E-state index in [1.165, 1.54) is 0 Å². The Bertz CT molecular complexity index is 841. The summed E-state index contributed by atoms with van der Waals surface area (Å²) in [6, 6.07) is 6.01. The van der Waals surface area contributed by atoms with Gasteiger partial charge in [0.25, 0.3) is 0 Å². The van der Waals surface area contributed by atoms with Crippen LogP contribution in [-0.4, -0.2) is 60.6 Å². The van der Waals surface area contributed by atoms with E-state index < -0.39 is 11.7 Å². The van der Waals surface area contributed by atoms with Crippen LogP contribution in [0.25, 0.3) is 0 Å². The molecule has 0 atom stereocenters. The monoisotopic (exact) mass is 443 g/mol. The van der Waals surface area contributed by atoms with Crippen molar-refractivity contribution >= 4 is 17.7 Å². The molecule has 1 aliphatic rings. The van der Waals surface area contributed by atoms with Crippen molar-refractivity contribution in [1.29, 1.82) is 0 Å². The Hall–Kier alpha value is -2.72. The highest BCUT2D eigenvalue weighted by molar-refractivity contribution is 5.87. The molecule has 176 valence electrons. The van der Waals surface area contributed by atoms with Gasteiger partial charge in [-0.25, -0.2) is 4.79 Å². The summed E-state index contributed by atoms with van der Waals surface area (Å²) in [4.78, 5) is 28.7. The lowest BCUT2D eigenvalue weighted by Crippen LogP contribution is -2.44. The second-order valence-corrected chi connectivity index (χ2v) is 9.44. The number of carbonyl (C=O) groups is 2. The summed E-state index contributed by atoms with van der Waals surface area (Å²) in [5.41, 5.74) is 0.894. The molecule has 2 amide bonds. The molecule has 1 aromatic rings. The van der Waals surface area contributed by atoms with Gasteiger partial charge in [0.05, 0.1) is 5.69 Å². The zero-order valence-electron chi connectivity index (χ0n) is 20.3. The maximum Gasteiger partial charge on any atom is 0.412 e. The molecule has 2 rings (SSSR count). The highest BCUT2D eigenvalue weighted by Gasteiger charge is 2.23. The minimum absolute atomic E-state index is 0.201. The van der Waals surface area contributed by atoms with Gasteiger partial charge in [0, 0.05) is 32.0 Å². The van der Waals surface area contributed by atoms with Gasteiger partial charge in [0.2, 0.25) is 5.91 Å². The maximum atomic E-state index is 12.4. The van der Waals surface area contributed by atoms with E-state index in [4.69, 9.17) is 9.47 Å². The minimum Gasteiger partial charge on any atom is -0.444 e. The van der Waals surface area contributed by atoms with Gasteiger partial charge in [0.15, 0.2) is 5.75 Å². The van der Waals surface area contributed by atoms with E-state index in [9.17, 15) is 9.59 Å². The molecule has 0 spiro atoms. The molecule has 1 fully saturated rings. The molecule has 0 unspecified atom stereocenters. The molecule has 32 heavy (non-hydrogen) atoms. The lowest BCUT2D eigenvalue weighted by atomic mass is 10.0. The number of nitrogens with zero attached hydrogens (tertiary/aromatic N) is 2. The standard InChI is InChI=1S/C25H37N3O4/c1-19-11-12-21(26-24(30)32-25(2,3)4)22(18-19)31-17-9-7-8-10-23(29)28-15-13-20(14-16-28)27(5)6/h11-12,18,20H,7-8,10,13-16H2,1-6H3,(H,26,30). The number of hydrogen-bond acceptors (Lipinski definition) is 5. The number of likely N-dealkylation sites (tertiary alicyclic amines) is 1. The third-order valence-corrected chi connectivity index (χ3v) is 5.25. The zero-order valence-corrected chi connectivity index (χ0v) is 20.3. The lowest BCUT2D eigenvalue weighted by Gasteiger charge is -2.35. The Balaban J connectivity index is 1.79. The van der Waals surface area contributed by atoms with Gasteiger partial charge in [-0.1, -0.05) is 12.0 Å². The van der Waals surface area contributed by atoms with Crippen molar-refractivity contribution in [2.24, 2.45) is 0 Å². The number of unbranched alkanes of at least 4 members (excludes halogenated alkanes) is 1. The van der Waals surface area contributed by atoms with Crippen LogP contribution in [0.5, 0.6) is 5.75 Å². The summed E-state index contributed by atoms with van der Waals surface area (Å²) < 4.78 is 10.9. The number of rotatable bonds is 6. The van der Waals surface area contributed by atoms with Crippen LogP contribution < -0.4 is 10.1 Å². The summed E-state index contributed by atoms with van der Waals surface area (Å²) in [7, 11) is 4.19. The van der Waals surface area contributed by atoms with Crippen LogP contribution in [0, 0.1) is 19.0 Å². The van der Waals surface area contributed by atoms with Crippen molar-refractivity contribution in [3.05, 3.63) is 23.8 Å². The third kappa shape index (κ3) is 8.80. The molecule has 0 radical (unpaired) electrons. The van der Waals surface area contributed by atoms with Gasteiger partial charge in [-0.3, -0.25) is 10.1 Å². The fourth-order valence-corrected chi connectivity index (χ4v) is 3.49. The smallest absolute Gasteiger partial charge is 0.412 e. The number of benzene rings is 1. The number of carbonyl (C=O) groups excluding carboxylic acids is 2. The predicted molar refractivity (Wildman–Crippen MR) is 127 cm³/mol. The molecule has 0 bridgehead atoms. The van der Waals surface area contributed by atoms with E-state index in [1.54, 1.807) is 26.8 Å². The van der Waals surface area contributed by atoms with E-state index in [2.05, 4.69) is 36.3 Å². The maximum absolute atomic E-state index is 12.4. The Morgan fingerprint density at radius 3 is 2.53 bits per heavy atom.